The normalized spacial score (nSPS) is 12.5. The maximum Gasteiger partial charge on any atom is 0.161 e. The molecule has 0 aromatic heterocycles. The molecule has 20 heavy (non-hydrogen) atoms. The van der Waals surface area contributed by atoms with Crippen LogP contribution in [0.15, 0.2) is 34.8 Å². The smallest absolute Gasteiger partial charge is 0.161 e. The van der Waals surface area contributed by atoms with Gasteiger partial charge in [-0.05, 0) is 37.2 Å². The standard InChI is InChI=1S/C15H13BrF3N/c1-8-9(4-3-5-11(8)16)15(20-2)10-6-13(18)14(19)7-12(10)17/h3-7,15,20H,1-2H3. The molecule has 0 amide bonds. The van der Waals surface area contributed by atoms with Crippen LogP contribution in [-0.4, -0.2) is 7.05 Å². The van der Waals surface area contributed by atoms with Gasteiger partial charge in [0.2, 0.25) is 0 Å². The van der Waals surface area contributed by atoms with Crippen molar-refractivity contribution in [2.24, 2.45) is 0 Å². The van der Waals surface area contributed by atoms with Crippen LogP contribution in [0.3, 0.4) is 0 Å². The summed E-state index contributed by atoms with van der Waals surface area (Å²) in [5.41, 5.74) is 1.79. The number of benzene rings is 2. The summed E-state index contributed by atoms with van der Waals surface area (Å²) >= 11 is 3.41. The van der Waals surface area contributed by atoms with E-state index in [1.807, 2.05) is 25.1 Å². The SMILES string of the molecule is CNC(c1cc(F)c(F)cc1F)c1cccc(Br)c1C. The number of hydrogen-bond donors (Lipinski definition) is 1. The average molecular weight is 344 g/mol. The Morgan fingerprint density at radius 2 is 1.65 bits per heavy atom. The largest absolute Gasteiger partial charge is 0.309 e. The second kappa shape index (κ2) is 5.97. The van der Waals surface area contributed by atoms with Crippen molar-refractivity contribution in [1.82, 2.24) is 5.32 Å². The van der Waals surface area contributed by atoms with E-state index in [9.17, 15) is 13.2 Å². The van der Waals surface area contributed by atoms with Gasteiger partial charge in [-0.3, -0.25) is 0 Å². The van der Waals surface area contributed by atoms with Crippen molar-refractivity contribution in [2.75, 3.05) is 7.05 Å². The number of halogens is 4. The summed E-state index contributed by atoms with van der Waals surface area (Å²) in [6.07, 6.45) is 0. The summed E-state index contributed by atoms with van der Waals surface area (Å²) in [7, 11) is 1.64. The third-order valence-electron chi connectivity index (χ3n) is 3.26. The first kappa shape index (κ1) is 15.1. The summed E-state index contributed by atoms with van der Waals surface area (Å²) in [6, 6.07) is 6.42. The van der Waals surface area contributed by atoms with E-state index in [0.29, 0.717) is 6.07 Å². The summed E-state index contributed by atoms with van der Waals surface area (Å²) in [5, 5.41) is 2.94. The topological polar surface area (TPSA) is 12.0 Å². The summed E-state index contributed by atoms with van der Waals surface area (Å²) in [5.74, 6) is -3.02. The molecule has 1 unspecified atom stereocenters. The van der Waals surface area contributed by atoms with Crippen LogP contribution in [0.5, 0.6) is 0 Å². The van der Waals surface area contributed by atoms with Crippen molar-refractivity contribution in [3.63, 3.8) is 0 Å². The van der Waals surface area contributed by atoms with Crippen LogP contribution < -0.4 is 5.32 Å². The van der Waals surface area contributed by atoms with Gasteiger partial charge in [-0.25, -0.2) is 13.2 Å². The van der Waals surface area contributed by atoms with Crippen molar-refractivity contribution < 1.29 is 13.2 Å². The predicted octanol–water partition coefficient (Wildman–Crippen LogP) is 4.48. The Balaban J connectivity index is 2.58. The van der Waals surface area contributed by atoms with Crippen molar-refractivity contribution in [1.29, 1.82) is 0 Å². The van der Waals surface area contributed by atoms with E-state index in [4.69, 9.17) is 0 Å². The van der Waals surface area contributed by atoms with E-state index >= 15 is 0 Å². The highest BCUT2D eigenvalue weighted by atomic mass is 79.9. The Morgan fingerprint density at radius 3 is 2.30 bits per heavy atom. The van der Waals surface area contributed by atoms with Crippen LogP contribution in [0, 0.1) is 24.4 Å². The van der Waals surface area contributed by atoms with Gasteiger partial charge >= 0.3 is 0 Å². The minimum absolute atomic E-state index is 0.0765. The zero-order valence-corrected chi connectivity index (χ0v) is 12.6. The molecule has 1 atom stereocenters. The molecule has 0 aliphatic rings. The number of nitrogens with one attached hydrogen (secondary N) is 1. The molecule has 0 spiro atoms. The van der Waals surface area contributed by atoms with Gasteiger partial charge in [0.15, 0.2) is 11.6 Å². The summed E-state index contributed by atoms with van der Waals surface area (Å²) in [6.45, 7) is 1.88. The first-order chi connectivity index (χ1) is 9.45. The van der Waals surface area contributed by atoms with Gasteiger partial charge in [0.05, 0.1) is 6.04 Å². The fourth-order valence-electron chi connectivity index (χ4n) is 2.17. The average Bonchev–Trinajstić information content (AvgIpc) is 2.41. The van der Waals surface area contributed by atoms with E-state index in [2.05, 4.69) is 21.2 Å². The monoisotopic (exact) mass is 343 g/mol. The highest BCUT2D eigenvalue weighted by molar-refractivity contribution is 9.10. The lowest BCUT2D eigenvalue weighted by Crippen LogP contribution is -2.20. The van der Waals surface area contributed by atoms with E-state index in [-0.39, 0.29) is 5.56 Å². The molecule has 0 fully saturated rings. The van der Waals surface area contributed by atoms with Gasteiger partial charge in [-0.1, -0.05) is 28.1 Å². The third-order valence-corrected chi connectivity index (χ3v) is 4.12. The van der Waals surface area contributed by atoms with Crippen LogP contribution in [0.1, 0.15) is 22.7 Å². The minimum Gasteiger partial charge on any atom is -0.309 e. The van der Waals surface area contributed by atoms with Gasteiger partial charge in [0.25, 0.3) is 0 Å². The predicted molar refractivity (Wildman–Crippen MR) is 76.1 cm³/mol. The lowest BCUT2D eigenvalue weighted by atomic mass is 9.94. The zero-order valence-electron chi connectivity index (χ0n) is 11.0. The van der Waals surface area contributed by atoms with Crippen LogP contribution in [0.4, 0.5) is 13.2 Å². The van der Waals surface area contributed by atoms with Crippen molar-refractivity contribution in [3.05, 3.63) is 68.9 Å². The number of rotatable bonds is 3. The molecular formula is C15H13BrF3N. The van der Waals surface area contributed by atoms with Crippen molar-refractivity contribution in [2.45, 2.75) is 13.0 Å². The molecule has 5 heteroatoms. The maximum atomic E-state index is 13.9. The molecular weight excluding hydrogens is 331 g/mol. The number of hydrogen-bond acceptors (Lipinski definition) is 1. The Morgan fingerprint density at radius 1 is 1.00 bits per heavy atom. The molecule has 2 rings (SSSR count). The second-order valence-corrected chi connectivity index (χ2v) is 5.32. The summed E-state index contributed by atoms with van der Waals surface area (Å²) in [4.78, 5) is 0. The Hall–Kier alpha value is -1.33. The van der Waals surface area contributed by atoms with Gasteiger partial charge in [0.1, 0.15) is 5.82 Å². The van der Waals surface area contributed by atoms with Gasteiger partial charge in [-0.15, -0.1) is 0 Å². The van der Waals surface area contributed by atoms with Gasteiger partial charge < -0.3 is 5.32 Å². The lowest BCUT2D eigenvalue weighted by Gasteiger charge is -2.21. The van der Waals surface area contributed by atoms with Crippen molar-refractivity contribution in [3.8, 4) is 0 Å². The molecule has 0 bridgehead atoms. The Bertz CT molecular complexity index is 643. The summed E-state index contributed by atoms with van der Waals surface area (Å²) < 4.78 is 41.2. The molecule has 106 valence electrons. The first-order valence-corrected chi connectivity index (χ1v) is 6.81. The molecule has 0 radical (unpaired) electrons. The molecule has 1 N–H and O–H groups in total. The third kappa shape index (κ3) is 2.74. The molecule has 0 saturated heterocycles. The molecule has 2 aromatic rings. The molecule has 2 aromatic carbocycles. The van der Waals surface area contributed by atoms with Gasteiger partial charge in [0, 0.05) is 16.1 Å². The molecule has 0 heterocycles. The van der Waals surface area contributed by atoms with Gasteiger partial charge in [-0.2, -0.15) is 0 Å². The first-order valence-electron chi connectivity index (χ1n) is 6.02. The molecule has 0 saturated carbocycles. The molecule has 1 nitrogen and oxygen atoms in total. The molecule has 0 aliphatic carbocycles. The quantitative estimate of drug-likeness (QED) is 0.810. The van der Waals surface area contributed by atoms with E-state index < -0.39 is 23.5 Å². The van der Waals surface area contributed by atoms with E-state index in [0.717, 1.165) is 21.7 Å². The van der Waals surface area contributed by atoms with Crippen LogP contribution in [0.2, 0.25) is 0 Å². The fourth-order valence-corrected chi connectivity index (χ4v) is 2.56. The highest BCUT2D eigenvalue weighted by Gasteiger charge is 2.21. The minimum atomic E-state index is -1.19. The lowest BCUT2D eigenvalue weighted by molar-refractivity contribution is 0.483. The highest BCUT2D eigenvalue weighted by Crippen LogP contribution is 2.31. The fraction of sp³-hybridized carbons (Fsp3) is 0.200. The Kier molecular flexibility index (Phi) is 4.50. The van der Waals surface area contributed by atoms with E-state index in [1.165, 1.54) is 0 Å². The Labute approximate surface area is 123 Å². The van der Waals surface area contributed by atoms with Crippen LogP contribution >= 0.6 is 15.9 Å². The van der Waals surface area contributed by atoms with Crippen molar-refractivity contribution >= 4 is 15.9 Å². The molecule has 0 aliphatic heterocycles. The van der Waals surface area contributed by atoms with Crippen LogP contribution in [-0.2, 0) is 0 Å². The maximum absolute atomic E-state index is 13.9. The van der Waals surface area contributed by atoms with Crippen LogP contribution in [0.25, 0.3) is 0 Å². The second-order valence-electron chi connectivity index (χ2n) is 4.46. The van der Waals surface area contributed by atoms with E-state index in [1.54, 1.807) is 7.05 Å². The zero-order chi connectivity index (χ0) is 14.9.